The quantitative estimate of drug-likeness (QED) is 0.876. The summed E-state index contributed by atoms with van der Waals surface area (Å²) in [4.78, 5) is 18.5. The second-order valence-corrected chi connectivity index (χ2v) is 4.41. The van der Waals surface area contributed by atoms with Crippen molar-refractivity contribution in [2.75, 3.05) is 5.32 Å². The Bertz CT molecular complexity index is 754. The number of carboxylic acid groups (broad SMARTS) is 1. The molecule has 0 spiro atoms. The molecule has 0 amide bonds. The summed E-state index contributed by atoms with van der Waals surface area (Å²) in [7, 11) is 0. The second-order valence-electron chi connectivity index (χ2n) is 4.41. The van der Waals surface area contributed by atoms with Gasteiger partial charge in [0.25, 0.3) is 5.82 Å². The second kappa shape index (κ2) is 4.83. The van der Waals surface area contributed by atoms with Gasteiger partial charge in [-0.25, -0.2) is 9.48 Å². The third-order valence-corrected chi connectivity index (χ3v) is 2.94. The molecule has 3 heterocycles. The summed E-state index contributed by atoms with van der Waals surface area (Å²) in [6.07, 6.45) is -2.05. The first-order valence-electron chi connectivity index (χ1n) is 6.03. The van der Waals surface area contributed by atoms with Crippen LogP contribution in [0.4, 0.5) is 19.1 Å². The summed E-state index contributed by atoms with van der Waals surface area (Å²) in [5, 5.41) is 14.8. The van der Waals surface area contributed by atoms with Gasteiger partial charge < -0.3 is 10.4 Å². The van der Waals surface area contributed by atoms with Crippen molar-refractivity contribution in [1.29, 1.82) is 0 Å². The minimum absolute atomic E-state index is 0.288. The van der Waals surface area contributed by atoms with E-state index in [1.165, 1.54) is 12.3 Å². The normalized spacial score (nSPS) is 17.4. The Morgan fingerprint density at radius 2 is 2.14 bits per heavy atom. The monoisotopic (exact) mass is 311 g/mol. The van der Waals surface area contributed by atoms with Crippen LogP contribution >= 0.6 is 0 Å². The van der Waals surface area contributed by atoms with Gasteiger partial charge in [0, 0.05) is 6.20 Å². The van der Waals surface area contributed by atoms with E-state index in [1.54, 1.807) is 18.2 Å². The molecule has 2 aromatic heterocycles. The molecule has 1 aliphatic rings. The highest BCUT2D eigenvalue weighted by atomic mass is 19.4. The van der Waals surface area contributed by atoms with Crippen LogP contribution in [-0.2, 0) is 11.0 Å². The van der Waals surface area contributed by atoms with Crippen molar-refractivity contribution in [3.05, 3.63) is 47.7 Å². The zero-order valence-corrected chi connectivity index (χ0v) is 10.7. The zero-order valence-electron chi connectivity index (χ0n) is 10.7. The van der Waals surface area contributed by atoms with Gasteiger partial charge in [0.1, 0.15) is 11.7 Å². The lowest BCUT2D eigenvalue weighted by Gasteiger charge is -2.21. The molecule has 1 atom stereocenters. The molecule has 1 unspecified atom stereocenters. The van der Waals surface area contributed by atoms with Gasteiger partial charge in [0.2, 0.25) is 5.95 Å². The standard InChI is InChI=1S/C12H8F3N5O2/c13-12(14,15)10-18-11-17-7(9(21)22)5-8(20(11)19-10)6-3-1-2-4-16-6/h1-5,8H,(H,21,22)(H,17,18,19). The largest absolute Gasteiger partial charge is 0.477 e. The summed E-state index contributed by atoms with van der Waals surface area (Å²) < 4.78 is 39.2. The molecule has 0 radical (unpaired) electrons. The molecule has 0 aromatic carbocycles. The molecule has 0 aliphatic carbocycles. The van der Waals surface area contributed by atoms with Gasteiger partial charge >= 0.3 is 12.1 Å². The highest BCUT2D eigenvalue weighted by Gasteiger charge is 2.39. The van der Waals surface area contributed by atoms with Crippen molar-refractivity contribution in [2.45, 2.75) is 12.2 Å². The molecule has 114 valence electrons. The number of aliphatic carboxylic acids is 1. The van der Waals surface area contributed by atoms with Crippen LogP contribution in [0, 0.1) is 0 Å². The lowest BCUT2D eigenvalue weighted by atomic mass is 10.1. The fourth-order valence-corrected chi connectivity index (χ4v) is 2.00. The molecule has 2 N–H and O–H groups in total. The number of alkyl halides is 3. The van der Waals surface area contributed by atoms with Crippen LogP contribution in [0.25, 0.3) is 0 Å². The molecule has 3 rings (SSSR count). The predicted octanol–water partition coefficient (Wildman–Crippen LogP) is 1.68. The van der Waals surface area contributed by atoms with E-state index in [1.807, 2.05) is 0 Å². The lowest BCUT2D eigenvalue weighted by molar-refractivity contribution is -0.145. The highest BCUT2D eigenvalue weighted by Crippen LogP contribution is 2.32. The number of hydrogen-bond acceptors (Lipinski definition) is 5. The smallest absolute Gasteiger partial charge is 0.453 e. The predicted molar refractivity (Wildman–Crippen MR) is 66.7 cm³/mol. The fourth-order valence-electron chi connectivity index (χ4n) is 2.00. The number of allylic oxidation sites excluding steroid dienone is 1. The maximum atomic E-state index is 12.7. The van der Waals surface area contributed by atoms with Crippen LogP contribution in [0.2, 0.25) is 0 Å². The van der Waals surface area contributed by atoms with Crippen molar-refractivity contribution >= 4 is 11.9 Å². The number of pyridine rings is 1. The third-order valence-electron chi connectivity index (χ3n) is 2.94. The van der Waals surface area contributed by atoms with Crippen LogP contribution in [0.15, 0.2) is 36.2 Å². The number of nitrogens with zero attached hydrogens (tertiary/aromatic N) is 4. The van der Waals surface area contributed by atoms with Gasteiger partial charge in [-0.15, -0.1) is 5.10 Å². The van der Waals surface area contributed by atoms with Crippen molar-refractivity contribution in [1.82, 2.24) is 19.7 Å². The average Bonchev–Trinajstić information content (AvgIpc) is 2.91. The molecule has 0 fully saturated rings. The van der Waals surface area contributed by atoms with E-state index in [9.17, 15) is 18.0 Å². The van der Waals surface area contributed by atoms with Gasteiger partial charge in [-0.05, 0) is 18.2 Å². The summed E-state index contributed by atoms with van der Waals surface area (Å²) >= 11 is 0. The van der Waals surface area contributed by atoms with Gasteiger partial charge in [0.05, 0.1) is 5.69 Å². The molecule has 10 heteroatoms. The zero-order chi connectivity index (χ0) is 15.9. The Morgan fingerprint density at radius 1 is 1.36 bits per heavy atom. The summed E-state index contributed by atoms with van der Waals surface area (Å²) in [6.45, 7) is 0. The number of carbonyl (C=O) groups is 1. The minimum Gasteiger partial charge on any atom is -0.477 e. The minimum atomic E-state index is -4.73. The third kappa shape index (κ3) is 2.38. The van der Waals surface area contributed by atoms with Crippen molar-refractivity contribution in [3.8, 4) is 0 Å². The van der Waals surface area contributed by atoms with Gasteiger partial charge in [-0.3, -0.25) is 4.98 Å². The summed E-state index contributed by atoms with van der Waals surface area (Å²) in [5.41, 5.74) is 0.0619. The molecular weight excluding hydrogens is 303 g/mol. The summed E-state index contributed by atoms with van der Waals surface area (Å²) in [5.74, 6) is -2.97. The molecule has 0 saturated carbocycles. The lowest BCUT2D eigenvalue weighted by Crippen LogP contribution is -2.24. The first kappa shape index (κ1) is 14.0. The number of hydrogen-bond donors (Lipinski definition) is 2. The SMILES string of the molecule is O=C(O)C1=CC(c2ccccn2)n2nc(C(F)(F)F)nc2N1. The van der Waals surface area contributed by atoms with E-state index in [0.29, 0.717) is 5.69 Å². The molecule has 7 nitrogen and oxygen atoms in total. The van der Waals surface area contributed by atoms with E-state index in [4.69, 9.17) is 5.11 Å². The molecule has 0 bridgehead atoms. The topological polar surface area (TPSA) is 92.9 Å². The fraction of sp³-hybridized carbons (Fsp3) is 0.167. The van der Waals surface area contributed by atoms with E-state index in [-0.39, 0.29) is 11.6 Å². The molecule has 22 heavy (non-hydrogen) atoms. The number of nitrogens with one attached hydrogen (secondary N) is 1. The molecular formula is C12H8F3N5O2. The number of fused-ring (bicyclic) bond motifs is 1. The summed E-state index contributed by atoms with van der Waals surface area (Å²) in [6, 6.07) is 3.94. The maximum Gasteiger partial charge on any atom is 0.453 e. The van der Waals surface area contributed by atoms with E-state index in [0.717, 1.165) is 4.68 Å². The highest BCUT2D eigenvalue weighted by molar-refractivity contribution is 5.90. The molecule has 2 aromatic rings. The average molecular weight is 311 g/mol. The Labute approximate surface area is 121 Å². The van der Waals surface area contributed by atoms with Crippen molar-refractivity contribution < 1.29 is 23.1 Å². The number of rotatable bonds is 2. The Balaban J connectivity index is 2.13. The molecule has 1 aliphatic heterocycles. The van der Waals surface area contributed by atoms with E-state index < -0.39 is 24.0 Å². The Morgan fingerprint density at radius 3 is 2.73 bits per heavy atom. The van der Waals surface area contributed by atoms with Crippen LogP contribution in [0.3, 0.4) is 0 Å². The maximum absolute atomic E-state index is 12.7. The van der Waals surface area contributed by atoms with Crippen molar-refractivity contribution in [2.24, 2.45) is 0 Å². The number of anilines is 1. The number of carboxylic acids is 1. The van der Waals surface area contributed by atoms with Crippen LogP contribution in [0.5, 0.6) is 0 Å². The van der Waals surface area contributed by atoms with Gasteiger partial charge in [-0.1, -0.05) is 6.07 Å². The Kier molecular flexibility index (Phi) is 3.08. The first-order valence-corrected chi connectivity index (χ1v) is 6.03. The van der Waals surface area contributed by atoms with Crippen LogP contribution < -0.4 is 5.32 Å². The van der Waals surface area contributed by atoms with Crippen molar-refractivity contribution in [3.63, 3.8) is 0 Å². The van der Waals surface area contributed by atoms with Crippen LogP contribution in [0.1, 0.15) is 17.6 Å². The van der Waals surface area contributed by atoms with Crippen LogP contribution in [-0.4, -0.2) is 30.8 Å². The Hall–Kier alpha value is -2.91. The van der Waals surface area contributed by atoms with Gasteiger partial charge in [0.15, 0.2) is 0 Å². The van der Waals surface area contributed by atoms with Gasteiger partial charge in [-0.2, -0.15) is 18.2 Å². The molecule has 0 saturated heterocycles. The van der Waals surface area contributed by atoms with E-state index >= 15 is 0 Å². The van der Waals surface area contributed by atoms with E-state index in [2.05, 4.69) is 20.4 Å². The first-order chi connectivity index (χ1) is 10.4. The number of aromatic nitrogens is 4. The number of halogens is 3.